The van der Waals surface area contributed by atoms with E-state index in [1.807, 2.05) is 41.5 Å². The first-order valence-corrected chi connectivity index (χ1v) is 6.05. The van der Waals surface area contributed by atoms with E-state index < -0.39 is 17.0 Å². The van der Waals surface area contributed by atoms with Crippen LogP contribution in [-0.4, -0.2) is 11.6 Å². The zero-order valence-electron chi connectivity index (χ0n) is 11.3. The second-order valence-electron chi connectivity index (χ2n) is 6.44. The predicted molar refractivity (Wildman–Crippen MR) is 69.9 cm³/mol. The molecule has 2 nitrogen and oxygen atoms in total. The SMILES string of the molecule is CC(C)(C)C1=CC(=O)C(=O)C(C(C)(C)C)=C1Cl. The third kappa shape index (κ3) is 2.68. The quantitative estimate of drug-likeness (QED) is 0.488. The van der Waals surface area contributed by atoms with Crippen molar-refractivity contribution in [3.05, 3.63) is 22.3 Å². The average Bonchev–Trinajstić information content (AvgIpc) is 2.07. The third-order valence-electron chi connectivity index (χ3n) is 2.74. The monoisotopic (exact) mass is 254 g/mol. The van der Waals surface area contributed by atoms with E-state index in [1.165, 1.54) is 6.08 Å². The van der Waals surface area contributed by atoms with Gasteiger partial charge in [-0.2, -0.15) is 0 Å². The van der Waals surface area contributed by atoms with Crippen LogP contribution in [0.5, 0.6) is 0 Å². The van der Waals surface area contributed by atoms with Gasteiger partial charge in [-0.05, 0) is 22.5 Å². The van der Waals surface area contributed by atoms with Gasteiger partial charge >= 0.3 is 0 Å². The molecule has 3 heteroatoms. The second kappa shape index (κ2) is 4.09. The minimum atomic E-state index is -0.476. The Morgan fingerprint density at radius 2 is 1.41 bits per heavy atom. The Labute approximate surface area is 108 Å². The minimum absolute atomic E-state index is 0.246. The first-order chi connectivity index (χ1) is 7.46. The van der Waals surface area contributed by atoms with E-state index in [0.29, 0.717) is 10.6 Å². The van der Waals surface area contributed by atoms with Crippen LogP contribution in [0.15, 0.2) is 22.3 Å². The van der Waals surface area contributed by atoms with Crippen molar-refractivity contribution in [3.63, 3.8) is 0 Å². The van der Waals surface area contributed by atoms with Gasteiger partial charge in [0.25, 0.3) is 0 Å². The molecule has 0 atom stereocenters. The summed E-state index contributed by atoms with van der Waals surface area (Å²) in [5.74, 6) is -0.945. The topological polar surface area (TPSA) is 34.1 Å². The molecular formula is C14H19ClO2. The lowest BCUT2D eigenvalue weighted by atomic mass is 9.74. The lowest BCUT2D eigenvalue weighted by molar-refractivity contribution is -0.132. The standard InChI is InChI=1S/C14H19ClO2/c1-13(2,3)8-7-9(16)12(17)10(11(8)15)14(4,5)6/h7H,1-6H3. The van der Waals surface area contributed by atoms with Crippen molar-refractivity contribution in [2.45, 2.75) is 41.5 Å². The summed E-state index contributed by atoms with van der Waals surface area (Å²) >= 11 is 6.32. The number of carbonyl (C=O) groups is 2. The molecule has 1 rings (SSSR count). The molecule has 0 spiro atoms. The molecule has 0 amide bonds. The molecule has 1 aliphatic carbocycles. The van der Waals surface area contributed by atoms with E-state index in [-0.39, 0.29) is 5.41 Å². The molecule has 1 aliphatic rings. The number of hydrogen-bond acceptors (Lipinski definition) is 2. The predicted octanol–water partition coefficient (Wildman–Crippen LogP) is 3.65. The van der Waals surface area contributed by atoms with Crippen molar-refractivity contribution in [3.8, 4) is 0 Å². The second-order valence-corrected chi connectivity index (χ2v) is 6.82. The molecule has 94 valence electrons. The summed E-state index contributed by atoms with van der Waals surface area (Å²) in [6, 6.07) is 0. The summed E-state index contributed by atoms with van der Waals surface area (Å²) in [7, 11) is 0. The maximum absolute atomic E-state index is 11.9. The van der Waals surface area contributed by atoms with Gasteiger partial charge in [0.05, 0.1) is 5.03 Å². The van der Waals surface area contributed by atoms with E-state index in [1.54, 1.807) is 0 Å². The van der Waals surface area contributed by atoms with E-state index in [0.717, 1.165) is 5.57 Å². The first kappa shape index (κ1) is 14.2. The molecule has 0 heterocycles. The lowest BCUT2D eigenvalue weighted by Crippen LogP contribution is -2.30. The minimum Gasteiger partial charge on any atom is -0.286 e. The fourth-order valence-electron chi connectivity index (χ4n) is 1.83. The Hall–Kier alpha value is -0.890. The maximum Gasteiger partial charge on any atom is 0.230 e. The van der Waals surface area contributed by atoms with Crippen LogP contribution in [0.2, 0.25) is 0 Å². The van der Waals surface area contributed by atoms with Crippen molar-refractivity contribution < 1.29 is 9.59 Å². The van der Waals surface area contributed by atoms with E-state index in [9.17, 15) is 9.59 Å². The highest BCUT2D eigenvalue weighted by molar-refractivity contribution is 6.52. The van der Waals surface area contributed by atoms with Crippen LogP contribution in [0.25, 0.3) is 0 Å². The fraction of sp³-hybridized carbons (Fsp3) is 0.571. The molecule has 0 aromatic rings. The van der Waals surface area contributed by atoms with Crippen molar-refractivity contribution in [1.29, 1.82) is 0 Å². The van der Waals surface area contributed by atoms with Crippen LogP contribution in [0.1, 0.15) is 41.5 Å². The van der Waals surface area contributed by atoms with Gasteiger partial charge in [-0.1, -0.05) is 53.1 Å². The molecule has 0 aromatic heterocycles. The van der Waals surface area contributed by atoms with E-state index >= 15 is 0 Å². The highest BCUT2D eigenvalue weighted by Crippen LogP contribution is 2.42. The van der Waals surface area contributed by atoms with Crippen LogP contribution >= 0.6 is 11.6 Å². The zero-order chi connectivity index (χ0) is 13.6. The summed E-state index contributed by atoms with van der Waals surface area (Å²) in [6.45, 7) is 11.6. The molecule has 0 aromatic carbocycles. The molecule has 0 saturated carbocycles. The van der Waals surface area contributed by atoms with Gasteiger partial charge in [0.15, 0.2) is 0 Å². The van der Waals surface area contributed by atoms with Crippen LogP contribution < -0.4 is 0 Å². The largest absolute Gasteiger partial charge is 0.286 e. The molecule has 0 N–H and O–H groups in total. The smallest absolute Gasteiger partial charge is 0.230 e. The molecule has 0 unspecified atom stereocenters. The van der Waals surface area contributed by atoms with Gasteiger partial charge in [0.2, 0.25) is 11.6 Å². The Morgan fingerprint density at radius 1 is 0.941 bits per heavy atom. The summed E-state index contributed by atoms with van der Waals surface area (Å²) in [5, 5.41) is 0.439. The molecule has 0 bridgehead atoms. The third-order valence-corrected chi connectivity index (χ3v) is 3.13. The van der Waals surface area contributed by atoms with Gasteiger partial charge < -0.3 is 0 Å². The zero-order valence-corrected chi connectivity index (χ0v) is 12.0. The van der Waals surface area contributed by atoms with Crippen molar-refractivity contribution in [2.75, 3.05) is 0 Å². The van der Waals surface area contributed by atoms with Gasteiger partial charge in [0, 0.05) is 5.57 Å². The number of rotatable bonds is 0. The van der Waals surface area contributed by atoms with Gasteiger partial charge in [-0.3, -0.25) is 9.59 Å². The van der Waals surface area contributed by atoms with Crippen LogP contribution in [0.3, 0.4) is 0 Å². The van der Waals surface area contributed by atoms with E-state index in [4.69, 9.17) is 11.6 Å². The Morgan fingerprint density at radius 3 is 1.76 bits per heavy atom. The molecule has 0 fully saturated rings. The lowest BCUT2D eigenvalue weighted by Gasteiger charge is -2.31. The van der Waals surface area contributed by atoms with E-state index in [2.05, 4.69) is 0 Å². The number of halogens is 1. The van der Waals surface area contributed by atoms with Gasteiger partial charge in [-0.25, -0.2) is 0 Å². The fourth-order valence-corrected chi connectivity index (χ4v) is 2.54. The van der Waals surface area contributed by atoms with Crippen molar-refractivity contribution in [2.24, 2.45) is 10.8 Å². The molecule has 0 radical (unpaired) electrons. The van der Waals surface area contributed by atoms with Crippen LogP contribution in [0.4, 0.5) is 0 Å². The number of ketones is 2. The summed E-state index contributed by atoms with van der Waals surface area (Å²) in [6.07, 6.45) is 1.37. The number of hydrogen-bond donors (Lipinski definition) is 0. The highest BCUT2D eigenvalue weighted by Gasteiger charge is 2.37. The maximum atomic E-state index is 11.9. The number of allylic oxidation sites excluding steroid dienone is 4. The molecule has 0 aliphatic heterocycles. The molecule has 17 heavy (non-hydrogen) atoms. The summed E-state index contributed by atoms with van der Waals surface area (Å²) < 4.78 is 0. The first-order valence-electron chi connectivity index (χ1n) is 5.67. The van der Waals surface area contributed by atoms with Crippen LogP contribution in [0, 0.1) is 10.8 Å². The van der Waals surface area contributed by atoms with Crippen molar-refractivity contribution in [1.82, 2.24) is 0 Å². The molecular weight excluding hydrogens is 236 g/mol. The van der Waals surface area contributed by atoms with Gasteiger partial charge in [0.1, 0.15) is 0 Å². The molecule has 0 saturated heterocycles. The summed E-state index contributed by atoms with van der Waals surface area (Å²) in [4.78, 5) is 23.7. The normalized spacial score (nSPS) is 18.6. The number of Topliss-reactive ketones (excluding diaryl/α,β-unsaturated/α-hetero) is 1. The Bertz CT molecular complexity index is 440. The Kier molecular flexibility index (Phi) is 3.41. The average molecular weight is 255 g/mol. The highest BCUT2D eigenvalue weighted by atomic mass is 35.5. The van der Waals surface area contributed by atoms with Crippen molar-refractivity contribution >= 4 is 23.2 Å². The van der Waals surface area contributed by atoms with Crippen LogP contribution in [-0.2, 0) is 9.59 Å². The number of carbonyl (C=O) groups excluding carboxylic acids is 2. The van der Waals surface area contributed by atoms with Gasteiger partial charge in [-0.15, -0.1) is 0 Å². The summed E-state index contributed by atoms with van der Waals surface area (Å²) in [5.41, 5.74) is 0.503. The Balaban J connectivity index is 3.49.